The smallest absolute Gasteiger partial charge is 0.252 e. The molecule has 4 aromatic carbocycles. The molecule has 5 nitrogen and oxygen atoms in total. The van der Waals surface area contributed by atoms with Crippen molar-refractivity contribution in [3.63, 3.8) is 0 Å². The highest BCUT2D eigenvalue weighted by Gasteiger charge is 2.22. The van der Waals surface area contributed by atoms with E-state index >= 15 is 0 Å². The number of nitrogens with one attached hydrogen (secondary N) is 1. The molecule has 0 saturated carbocycles. The van der Waals surface area contributed by atoms with Gasteiger partial charge in [0.15, 0.2) is 11.5 Å². The minimum Gasteiger partial charge on any atom is -0.490 e. The van der Waals surface area contributed by atoms with Gasteiger partial charge in [0.1, 0.15) is 6.61 Å². The third-order valence-electron chi connectivity index (χ3n) is 5.58. The fourth-order valence-corrected chi connectivity index (χ4v) is 4.82. The summed E-state index contributed by atoms with van der Waals surface area (Å²) in [7, 11) is 0. The molecule has 0 aliphatic heterocycles. The fraction of sp³-hybridized carbons (Fsp3) is 0.133. The average molecular weight is 625 g/mol. The van der Waals surface area contributed by atoms with E-state index in [0.29, 0.717) is 29.7 Å². The molecular formula is C30H26ClIN2O3. The van der Waals surface area contributed by atoms with Crippen molar-refractivity contribution in [1.29, 1.82) is 0 Å². The number of halogens is 2. The Hall–Kier alpha value is -3.36. The first-order valence-electron chi connectivity index (χ1n) is 11.8. The number of carbonyl (C=O) groups excluding carboxylic acids is 1. The summed E-state index contributed by atoms with van der Waals surface area (Å²) in [5.74, 6) is 0.546. The van der Waals surface area contributed by atoms with Crippen LogP contribution in [0.4, 0.5) is 0 Å². The van der Waals surface area contributed by atoms with Crippen LogP contribution in [0.2, 0.25) is 5.02 Å². The molecule has 0 aliphatic rings. The minimum atomic E-state index is -0.473. The van der Waals surface area contributed by atoms with Crippen molar-refractivity contribution in [2.75, 3.05) is 6.61 Å². The zero-order valence-corrected chi connectivity index (χ0v) is 23.1. The number of ether oxygens (including phenoxy) is 2. The second-order valence-electron chi connectivity index (χ2n) is 8.13. The fourth-order valence-electron chi connectivity index (χ4n) is 3.85. The van der Waals surface area contributed by atoms with Gasteiger partial charge in [-0.25, -0.2) is 5.43 Å². The molecule has 0 heterocycles. The molecule has 4 aromatic rings. The largest absolute Gasteiger partial charge is 0.490 e. The van der Waals surface area contributed by atoms with E-state index in [1.807, 2.05) is 104 Å². The van der Waals surface area contributed by atoms with E-state index in [2.05, 4.69) is 33.1 Å². The maximum atomic E-state index is 13.2. The van der Waals surface area contributed by atoms with Crippen molar-refractivity contribution in [1.82, 2.24) is 5.43 Å². The van der Waals surface area contributed by atoms with Crippen molar-refractivity contribution >= 4 is 46.3 Å². The van der Waals surface area contributed by atoms with E-state index in [-0.39, 0.29) is 5.91 Å². The Balaban J connectivity index is 1.51. The van der Waals surface area contributed by atoms with Gasteiger partial charge in [0.25, 0.3) is 5.91 Å². The molecule has 1 N–H and O–H groups in total. The molecular weight excluding hydrogens is 599 g/mol. The topological polar surface area (TPSA) is 59.9 Å². The van der Waals surface area contributed by atoms with E-state index in [1.165, 1.54) is 0 Å². The van der Waals surface area contributed by atoms with Crippen LogP contribution in [0, 0.1) is 3.57 Å². The summed E-state index contributed by atoms with van der Waals surface area (Å²) in [6, 6.07) is 30.7. The normalized spacial score (nSPS) is 11.0. The van der Waals surface area contributed by atoms with Gasteiger partial charge in [0.05, 0.1) is 22.3 Å². The molecule has 0 spiro atoms. The summed E-state index contributed by atoms with van der Waals surface area (Å²) < 4.78 is 12.8. The number of rotatable bonds is 10. The number of carbonyl (C=O) groups is 1. The Morgan fingerprint density at radius 2 is 1.57 bits per heavy atom. The van der Waals surface area contributed by atoms with E-state index in [0.717, 1.165) is 25.8 Å². The molecule has 0 saturated heterocycles. The van der Waals surface area contributed by atoms with Crippen LogP contribution in [0.1, 0.15) is 35.1 Å². The lowest BCUT2D eigenvalue weighted by Crippen LogP contribution is -2.26. The van der Waals surface area contributed by atoms with Crippen molar-refractivity contribution in [3.8, 4) is 11.5 Å². The zero-order valence-electron chi connectivity index (χ0n) is 20.2. The highest BCUT2D eigenvalue weighted by Crippen LogP contribution is 2.35. The first kappa shape index (κ1) is 26.7. The second-order valence-corrected chi connectivity index (χ2v) is 9.70. The Bertz CT molecular complexity index is 1320. The third kappa shape index (κ3) is 7.11. The Labute approximate surface area is 235 Å². The van der Waals surface area contributed by atoms with Crippen LogP contribution in [-0.4, -0.2) is 18.7 Å². The summed E-state index contributed by atoms with van der Waals surface area (Å²) in [4.78, 5) is 13.2. The van der Waals surface area contributed by atoms with Gasteiger partial charge in [0.2, 0.25) is 0 Å². The summed E-state index contributed by atoms with van der Waals surface area (Å²) in [5.41, 5.74) is 6.17. The molecule has 0 aliphatic carbocycles. The van der Waals surface area contributed by atoms with Crippen molar-refractivity contribution in [2.24, 2.45) is 5.10 Å². The molecule has 0 radical (unpaired) electrons. The van der Waals surface area contributed by atoms with Gasteiger partial charge in [-0.1, -0.05) is 90.5 Å². The second kappa shape index (κ2) is 13.3. The van der Waals surface area contributed by atoms with Gasteiger partial charge in [-0.2, -0.15) is 5.10 Å². The molecule has 37 heavy (non-hydrogen) atoms. The molecule has 0 fully saturated rings. The summed E-state index contributed by atoms with van der Waals surface area (Å²) in [6.07, 6.45) is 1.60. The first-order chi connectivity index (χ1) is 18.1. The third-order valence-corrected chi connectivity index (χ3v) is 6.75. The van der Waals surface area contributed by atoms with Gasteiger partial charge in [-0.05, 0) is 64.4 Å². The lowest BCUT2D eigenvalue weighted by Gasteiger charge is -2.16. The number of nitrogens with zero attached hydrogens (tertiary/aromatic N) is 1. The van der Waals surface area contributed by atoms with Crippen LogP contribution in [0.5, 0.6) is 11.5 Å². The molecule has 1 amide bonds. The van der Waals surface area contributed by atoms with Gasteiger partial charge < -0.3 is 9.47 Å². The average Bonchev–Trinajstić information content (AvgIpc) is 2.91. The highest BCUT2D eigenvalue weighted by molar-refractivity contribution is 14.1. The molecule has 0 aromatic heterocycles. The van der Waals surface area contributed by atoms with Gasteiger partial charge in [0, 0.05) is 10.6 Å². The quantitative estimate of drug-likeness (QED) is 0.115. The Kier molecular flexibility index (Phi) is 9.57. The predicted molar refractivity (Wildman–Crippen MR) is 157 cm³/mol. The maximum absolute atomic E-state index is 13.2. The number of amides is 1. The standard InChI is InChI=1S/C30H26ClIN2O3/c1-2-36-27-18-21(17-26(32)29(27)37-20-24-15-9-10-16-25(24)31)19-33-34-30(35)28(22-11-5-3-6-12-22)23-13-7-4-8-14-23/h3-19,28H,2,20H2,1H3,(H,34,35)/b33-19+. The zero-order chi connectivity index (χ0) is 26.0. The van der Waals surface area contributed by atoms with Crippen LogP contribution < -0.4 is 14.9 Å². The van der Waals surface area contributed by atoms with Gasteiger partial charge in [-0.3, -0.25) is 4.79 Å². The number of hydrogen-bond donors (Lipinski definition) is 1. The molecule has 188 valence electrons. The van der Waals surface area contributed by atoms with E-state index < -0.39 is 5.92 Å². The lowest BCUT2D eigenvalue weighted by atomic mass is 9.91. The SMILES string of the molecule is CCOc1cc(/C=N/NC(=O)C(c2ccccc2)c2ccccc2)cc(I)c1OCc1ccccc1Cl. The van der Waals surface area contributed by atoms with Gasteiger partial charge >= 0.3 is 0 Å². The first-order valence-corrected chi connectivity index (χ1v) is 13.3. The van der Waals surface area contributed by atoms with Gasteiger partial charge in [-0.15, -0.1) is 0 Å². The summed E-state index contributed by atoms with van der Waals surface area (Å²) in [5, 5.41) is 4.90. The highest BCUT2D eigenvalue weighted by atomic mass is 127. The number of hydrogen-bond acceptors (Lipinski definition) is 4. The molecule has 0 unspecified atom stereocenters. The van der Waals surface area contributed by atoms with Crippen molar-refractivity contribution < 1.29 is 14.3 Å². The van der Waals surface area contributed by atoms with Crippen molar-refractivity contribution in [3.05, 3.63) is 128 Å². The monoisotopic (exact) mass is 624 g/mol. The minimum absolute atomic E-state index is 0.215. The number of hydrazone groups is 1. The van der Waals surface area contributed by atoms with E-state index in [4.69, 9.17) is 21.1 Å². The van der Waals surface area contributed by atoms with Crippen LogP contribution in [0.3, 0.4) is 0 Å². The number of benzene rings is 4. The van der Waals surface area contributed by atoms with Crippen LogP contribution in [0.15, 0.2) is 102 Å². The van der Waals surface area contributed by atoms with Crippen LogP contribution >= 0.6 is 34.2 Å². The lowest BCUT2D eigenvalue weighted by molar-refractivity contribution is -0.121. The Morgan fingerprint density at radius 3 is 2.19 bits per heavy atom. The predicted octanol–water partition coefficient (Wildman–Crippen LogP) is 7.20. The van der Waals surface area contributed by atoms with E-state index in [1.54, 1.807) is 6.21 Å². The molecule has 0 bridgehead atoms. The molecule has 0 atom stereocenters. The van der Waals surface area contributed by atoms with Crippen molar-refractivity contribution in [2.45, 2.75) is 19.4 Å². The summed E-state index contributed by atoms with van der Waals surface area (Å²) >= 11 is 8.48. The van der Waals surface area contributed by atoms with E-state index in [9.17, 15) is 4.79 Å². The van der Waals surface area contributed by atoms with Crippen LogP contribution in [0.25, 0.3) is 0 Å². The Morgan fingerprint density at radius 1 is 0.946 bits per heavy atom. The molecule has 7 heteroatoms. The molecule has 4 rings (SSSR count). The maximum Gasteiger partial charge on any atom is 0.252 e. The van der Waals surface area contributed by atoms with Crippen LogP contribution in [-0.2, 0) is 11.4 Å². The summed E-state index contributed by atoms with van der Waals surface area (Å²) in [6.45, 7) is 2.71.